The monoisotopic (exact) mass is 311 g/mol. The van der Waals surface area contributed by atoms with Crippen molar-refractivity contribution in [2.45, 2.75) is 6.92 Å². The summed E-state index contributed by atoms with van der Waals surface area (Å²) in [6.45, 7) is 5.38. The minimum absolute atomic E-state index is 0. The molecule has 0 aliphatic heterocycles. The van der Waals surface area contributed by atoms with Gasteiger partial charge >= 0.3 is 32.5 Å². The van der Waals surface area contributed by atoms with E-state index in [2.05, 4.69) is 11.3 Å². The third-order valence-electron chi connectivity index (χ3n) is 0.453. The Hall–Kier alpha value is 0.106. The summed E-state index contributed by atoms with van der Waals surface area (Å²) in [5, 5.41) is 0. The summed E-state index contributed by atoms with van der Waals surface area (Å²) in [5.74, 6) is -0.359. The molecule has 0 N–H and O–H groups in total. The van der Waals surface area contributed by atoms with E-state index in [0.29, 0.717) is 6.61 Å². The van der Waals surface area contributed by atoms with E-state index in [4.69, 9.17) is 0 Å². The fourth-order valence-corrected chi connectivity index (χ4v) is 0.201. The maximum atomic E-state index is 10.1. The van der Waals surface area contributed by atoms with Crippen molar-refractivity contribution in [1.82, 2.24) is 0 Å². The number of ether oxygens (including phenoxy) is 1. The first-order valence-corrected chi connectivity index (χ1v) is 2.10. The first-order chi connectivity index (χ1) is 3.31. The molecule has 0 rings (SSSR count). The average Bonchev–Trinajstić information content (AvgIpc) is 1.68. The summed E-state index contributed by atoms with van der Waals surface area (Å²) in [6.07, 6.45) is 1.14. The van der Waals surface area contributed by atoms with Crippen molar-refractivity contribution in [3.63, 3.8) is 0 Å². The molecule has 0 amide bonds. The quantitative estimate of drug-likeness (QED) is 0.522. The SMILES string of the molecule is C=CC(=O)OCC.[PoH2]. The van der Waals surface area contributed by atoms with Crippen molar-refractivity contribution < 1.29 is 9.53 Å². The number of rotatable bonds is 2. The molecule has 48 valence electrons. The van der Waals surface area contributed by atoms with Crippen molar-refractivity contribution in [2.24, 2.45) is 0 Å². The number of hydrogen-bond donors (Lipinski definition) is 0. The number of esters is 1. The Morgan fingerprint density at radius 1 is 1.88 bits per heavy atom. The van der Waals surface area contributed by atoms with Gasteiger partial charge in [-0.3, -0.25) is 0 Å². The van der Waals surface area contributed by atoms with E-state index >= 15 is 0 Å². The topological polar surface area (TPSA) is 26.3 Å². The third-order valence-corrected chi connectivity index (χ3v) is 0.453. The second-order valence-electron chi connectivity index (χ2n) is 0.956. The Balaban J connectivity index is 0. The first kappa shape index (κ1) is 11.0. The summed E-state index contributed by atoms with van der Waals surface area (Å²) in [5.41, 5.74) is 0. The van der Waals surface area contributed by atoms with Gasteiger partial charge in [-0.05, 0) is 6.92 Å². The van der Waals surface area contributed by atoms with Gasteiger partial charge in [-0.1, -0.05) is 6.58 Å². The van der Waals surface area contributed by atoms with Gasteiger partial charge in [0.1, 0.15) is 0 Å². The number of carbonyl (C=O) groups excluding carboxylic acids is 1. The summed E-state index contributed by atoms with van der Waals surface area (Å²) >= 11 is 0. The van der Waals surface area contributed by atoms with Crippen LogP contribution in [0.2, 0.25) is 0 Å². The van der Waals surface area contributed by atoms with Gasteiger partial charge in [-0.2, -0.15) is 0 Å². The molecule has 0 saturated heterocycles. The van der Waals surface area contributed by atoms with Gasteiger partial charge < -0.3 is 4.74 Å². The van der Waals surface area contributed by atoms with Crippen LogP contribution in [0, 0.1) is 0 Å². The predicted molar refractivity (Wildman–Crippen MR) is 35.4 cm³/mol. The Kier molecular flexibility index (Phi) is 9.75. The molecule has 0 unspecified atom stereocenters. The van der Waals surface area contributed by atoms with Crippen LogP contribution in [-0.4, -0.2) is 39.1 Å². The molecule has 0 radical (unpaired) electrons. The average molecular weight is 311 g/mol. The first-order valence-electron chi connectivity index (χ1n) is 2.10. The second kappa shape index (κ2) is 7.11. The Labute approximate surface area is 68.4 Å². The summed E-state index contributed by atoms with van der Waals surface area (Å²) < 4.78 is 4.43. The van der Waals surface area contributed by atoms with Crippen LogP contribution in [0.25, 0.3) is 0 Å². The molecule has 8 heavy (non-hydrogen) atoms. The van der Waals surface area contributed by atoms with Crippen molar-refractivity contribution in [3.05, 3.63) is 12.7 Å². The third kappa shape index (κ3) is 6.11. The van der Waals surface area contributed by atoms with Gasteiger partial charge in [0.15, 0.2) is 0 Å². The van der Waals surface area contributed by atoms with Gasteiger partial charge in [0.25, 0.3) is 0 Å². The molecule has 0 saturated carbocycles. The molecule has 0 heterocycles. The zero-order valence-electron chi connectivity index (χ0n) is 4.81. The van der Waals surface area contributed by atoms with Crippen molar-refractivity contribution in [3.8, 4) is 0 Å². The van der Waals surface area contributed by atoms with Crippen LogP contribution in [0.3, 0.4) is 0 Å². The Bertz CT molecular complexity index is 80.5. The van der Waals surface area contributed by atoms with E-state index in [-0.39, 0.29) is 32.5 Å². The minimum atomic E-state index is -0.359. The number of carbonyl (C=O) groups is 1. The fraction of sp³-hybridized carbons (Fsp3) is 0.400. The van der Waals surface area contributed by atoms with Crippen molar-refractivity contribution in [1.29, 1.82) is 0 Å². The van der Waals surface area contributed by atoms with Crippen LogP contribution in [0.4, 0.5) is 0 Å². The zero-order valence-corrected chi connectivity index (χ0v) is 8.70. The predicted octanol–water partition coefficient (Wildman–Crippen LogP) is -0.181. The fourth-order valence-electron chi connectivity index (χ4n) is 0.201. The summed E-state index contributed by atoms with van der Waals surface area (Å²) in [4.78, 5) is 10.1. The normalized spacial score (nSPS) is 6.62. The van der Waals surface area contributed by atoms with Crippen LogP contribution >= 0.6 is 0 Å². The van der Waals surface area contributed by atoms with E-state index in [9.17, 15) is 4.79 Å². The second-order valence-corrected chi connectivity index (χ2v) is 0.956. The molecule has 0 spiro atoms. The molecule has 0 fully saturated rings. The maximum absolute atomic E-state index is 10.1. The van der Waals surface area contributed by atoms with E-state index in [0.717, 1.165) is 6.08 Å². The zero-order chi connectivity index (χ0) is 5.70. The van der Waals surface area contributed by atoms with Crippen LogP contribution in [0.15, 0.2) is 12.7 Å². The van der Waals surface area contributed by atoms with Crippen LogP contribution in [0.1, 0.15) is 6.92 Å². The van der Waals surface area contributed by atoms with Gasteiger partial charge in [0.05, 0.1) is 6.61 Å². The molecule has 0 bridgehead atoms. The van der Waals surface area contributed by atoms with Gasteiger partial charge in [-0.15, -0.1) is 0 Å². The van der Waals surface area contributed by atoms with Crippen LogP contribution in [0.5, 0.6) is 0 Å². The van der Waals surface area contributed by atoms with Gasteiger partial charge in [-0.25, -0.2) is 4.79 Å². The molecular weight excluding hydrogens is 301 g/mol. The molecule has 0 aromatic carbocycles. The molecule has 0 aromatic heterocycles. The number of hydrogen-bond acceptors (Lipinski definition) is 2. The van der Waals surface area contributed by atoms with Crippen LogP contribution < -0.4 is 0 Å². The van der Waals surface area contributed by atoms with E-state index in [1.165, 1.54) is 0 Å². The molecule has 0 aliphatic carbocycles. The Morgan fingerprint density at radius 3 is 2.50 bits per heavy atom. The van der Waals surface area contributed by atoms with Gasteiger partial charge in [0, 0.05) is 6.08 Å². The van der Waals surface area contributed by atoms with E-state index in [1.807, 2.05) is 0 Å². The van der Waals surface area contributed by atoms with Gasteiger partial charge in [0.2, 0.25) is 0 Å². The standard InChI is InChI=1S/C5H8O2.Po.2H/c1-3-5(6)7-4-2;;;/h3H,1,4H2,2H3;;;. The van der Waals surface area contributed by atoms with Crippen molar-refractivity contribution >= 4 is 32.5 Å². The van der Waals surface area contributed by atoms with Crippen molar-refractivity contribution in [2.75, 3.05) is 6.61 Å². The van der Waals surface area contributed by atoms with E-state index in [1.54, 1.807) is 6.92 Å². The Morgan fingerprint density at radius 2 is 2.38 bits per heavy atom. The molecule has 0 aliphatic rings. The summed E-state index contributed by atoms with van der Waals surface area (Å²) in [7, 11) is 0. The molecule has 3 heteroatoms. The van der Waals surface area contributed by atoms with E-state index < -0.39 is 0 Å². The molecule has 0 atom stereocenters. The molecular formula is C5H10O2Po. The summed E-state index contributed by atoms with van der Waals surface area (Å²) in [6, 6.07) is 0. The molecule has 0 aromatic rings. The van der Waals surface area contributed by atoms with Crippen LogP contribution in [-0.2, 0) is 9.53 Å². The molecule has 2 nitrogen and oxygen atoms in total.